The molecule has 52 valence electrons. The zero-order chi connectivity index (χ0) is 7.56. The maximum absolute atomic E-state index is 10.3. The molecule has 10 heavy (non-hydrogen) atoms. The van der Waals surface area contributed by atoms with E-state index in [1.54, 1.807) is 6.92 Å². The summed E-state index contributed by atoms with van der Waals surface area (Å²) in [7, 11) is 0. The van der Waals surface area contributed by atoms with Crippen LogP contribution in [0.2, 0.25) is 0 Å². The van der Waals surface area contributed by atoms with Crippen LogP contribution >= 0.6 is 0 Å². The number of rotatable bonds is 1. The number of carboxylic acid groups (broad SMARTS) is 1. The summed E-state index contributed by atoms with van der Waals surface area (Å²) < 4.78 is 0. The summed E-state index contributed by atoms with van der Waals surface area (Å²) in [6.45, 7) is 1.69. The highest BCUT2D eigenvalue weighted by Crippen LogP contribution is 1.93. The summed E-state index contributed by atoms with van der Waals surface area (Å²) in [5.74, 6) is -1.05. The lowest BCUT2D eigenvalue weighted by Gasteiger charge is -1.92. The molecule has 4 nitrogen and oxygen atoms in total. The van der Waals surface area contributed by atoms with E-state index in [4.69, 9.17) is 5.11 Å². The molecule has 0 radical (unpaired) electrons. The van der Waals surface area contributed by atoms with Crippen LogP contribution in [0.4, 0.5) is 0 Å². The highest BCUT2D eigenvalue weighted by Gasteiger charge is 2.02. The van der Waals surface area contributed by atoms with Crippen molar-refractivity contribution < 1.29 is 9.90 Å². The van der Waals surface area contributed by atoms with Crippen molar-refractivity contribution in [3.8, 4) is 0 Å². The second kappa shape index (κ2) is 2.43. The van der Waals surface area contributed by atoms with Crippen LogP contribution in [0.3, 0.4) is 0 Å². The van der Waals surface area contributed by atoms with Crippen molar-refractivity contribution in [2.75, 3.05) is 0 Å². The second-order valence-corrected chi connectivity index (χ2v) is 1.85. The van der Waals surface area contributed by atoms with Gasteiger partial charge in [-0.1, -0.05) is 0 Å². The highest BCUT2D eigenvalue weighted by molar-refractivity contribution is 5.84. The fraction of sp³-hybridized carbons (Fsp3) is 0.167. The molecular weight excluding hydrogens is 132 g/mol. The Morgan fingerprint density at radius 3 is 2.70 bits per heavy atom. The maximum atomic E-state index is 10.3. The average Bonchev–Trinajstić information content (AvgIpc) is 1.88. The molecule has 0 spiro atoms. The largest absolute Gasteiger partial charge is 0.476 e. The fourth-order valence-electron chi connectivity index (χ4n) is 0.567. The molecule has 1 N–H and O–H groups in total. The molecule has 0 saturated heterocycles. The van der Waals surface area contributed by atoms with E-state index >= 15 is 0 Å². The van der Waals surface area contributed by atoms with Gasteiger partial charge in [-0.05, 0) is 6.92 Å². The molecule has 0 bridgehead atoms. The third kappa shape index (κ3) is 1.28. The minimum atomic E-state index is -1.05. The minimum absolute atomic E-state index is 0.0139. The van der Waals surface area contributed by atoms with Crippen molar-refractivity contribution in [2.45, 2.75) is 6.92 Å². The van der Waals surface area contributed by atoms with Crippen molar-refractivity contribution >= 4 is 5.97 Å². The van der Waals surface area contributed by atoms with Crippen LogP contribution in [0.5, 0.6) is 0 Å². The quantitative estimate of drug-likeness (QED) is 0.613. The molecule has 0 aromatic carbocycles. The summed E-state index contributed by atoms with van der Waals surface area (Å²) >= 11 is 0. The van der Waals surface area contributed by atoms with E-state index in [9.17, 15) is 4.79 Å². The normalized spacial score (nSPS) is 9.30. The monoisotopic (exact) mass is 138 g/mol. The van der Waals surface area contributed by atoms with Crippen LogP contribution in [0.1, 0.15) is 16.2 Å². The molecule has 0 amide bonds. The van der Waals surface area contributed by atoms with Crippen LogP contribution in [0.15, 0.2) is 12.4 Å². The molecule has 0 saturated carbocycles. The number of aromatic carboxylic acids is 1. The van der Waals surface area contributed by atoms with E-state index in [0.717, 1.165) is 0 Å². The first kappa shape index (κ1) is 6.67. The molecule has 4 heteroatoms. The number of hydrogen-bond donors (Lipinski definition) is 1. The molecule has 1 aromatic rings. The lowest BCUT2D eigenvalue weighted by Crippen LogP contribution is -2.01. The fourth-order valence-corrected chi connectivity index (χ4v) is 0.567. The third-order valence-electron chi connectivity index (χ3n) is 0.974. The van der Waals surface area contributed by atoms with Crippen molar-refractivity contribution in [3.05, 3.63) is 23.8 Å². The zero-order valence-corrected chi connectivity index (χ0v) is 5.40. The van der Waals surface area contributed by atoms with E-state index in [0.29, 0.717) is 5.69 Å². The Bertz CT molecular complexity index is 260. The number of aryl methyl sites for hydroxylation is 1. The summed E-state index contributed by atoms with van der Waals surface area (Å²) in [6, 6.07) is 0. The van der Waals surface area contributed by atoms with Gasteiger partial charge < -0.3 is 5.11 Å². The van der Waals surface area contributed by atoms with Gasteiger partial charge in [-0.3, -0.25) is 4.98 Å². The van der Waals surface area contributed by atoms with E-state index in [-0.39, 0.29) is 5.69 Å². The van der Waals surface area contributed by atoms with Crippen LogP contribution < -0.4 is 0 Å². The van der Waals surface area contributed by atoms with Gasteiger partial charge in [-0.25, -0.2) is 9.78 Å². The highest BCUT2D eigenvalue weighted by atomic mass is 16.4. The summed E-state index contributed by atoms with van der Waals surface area (Å²) in [4.78, 5) is 17.6. The minimum Gasteiger partial charge on any atom is -0.476 e. The average molecular weight is 138 g/mol. The van der Waals surface area contributed by atoms with Gasteiger partial charge in [0.25, 0.3) is 0 Å². The SMILES string of the molecule is Cc1cncc(C(=O)O)n1. The molecule has 1 aromatic heterocycles. The number of carboxylic acids is 1. The van der Waals surface area contributed by atoms with E-state index in [2.05, 4.69) is 9.97 Å². The first-order valence-corrected chi connectivity index (χ1v) is 2.72. The Kier molecular flexibility index (Phi) is 1.62. The maximum Gasteiger partial charge on any atom is 0.356 e. The van der Waals surface area contributed by atoms with Crippen LogP contribution in [-0.2, 0) is 0 Å². The molecule has 0 fully saturated rings. The van der Waals surface area contributed by atoms with Crippen molar-refractivity contribution in [2.24, 2.45) is 0 Å². The second-order valence-electron chi connectivity index (χ2n) is 1.85. The Labute approximate surface area is 57.6 Å². The van der Waals surface area contributed by atoms with Crippen molar-refractivity contribution in [3.63, 3.8) is 0 Å². The summed E-state index contributed by atoms with van der Waals surface area (Å²) in [5, 5.41) is 8.41. The first-order chi connectivity index (χ1) is 4.70. The van der Waals surface area contributed by atoms with Gasteiger partial charge in [-0.15, -0.1) is 0 Å². The van der Waals surface area contributed by atoms with Gasteiger partial charge in [0.2, 0.25) is 0 Å². The lowest BCUT2D eigenvalue weighted by molar-refractivity contribution is 0.0689. The number of carbonyl (C=O) groups is 1. The Morgan fingerprint density at radius 1 is 1.60 bits per heavy atom. The molecule has 1 heterocycles. The predicted octanol–water partition coefficient (Wildman–Crippen LogP) is 0.483. The van der Waals surface area contributed by atoms with Gasteiger partial charge in [0.1, 0.15) is 0 Å². The molecule has 1 rings (SSSR count). The lowest BCUT2D eigenvalue weighted by atomic mass is 10.4. The molecule has 0 atom stereocenters. The van der Waals surface area contributed by atoms with E-state index in [1.807, 2.05) is 0 Å². The van der Waals surface area contributed by atoms with Gasteiger partial charge in [0, 0.05) is 6.20 Å². The molecule has 0 aliphatic carbocycles. The molecule has 0 aliphatic rings. The van der Waals surface area contributed by atoms with Crippen LogP contribution in [-0.4, -0.2) is 21.0 Å². The van der Waals surface area contributed by atoms with Crippen molar-refractivity contribution in [1.82, 2.24) is 9.97 Å². The summed E-state index contributed by atoms with van der Waals surface area (Å²) in [5.41, 5.74) is 0.597. The Hall–Kier alpha value is -1.45. The molecule has 0 aliphatic heterocycles. The van der Waals surface area contributed by atoms with Gasteiger partial charge in [0.15, 0.2) is 5.69 Å². The number of hydrogen-bond acceptors (Lipinski definition) is 3. The van der Waals surface area contributed by atoms with Crippen LogP contribution in [0.25, 0.3) is 0 Å². The van der Waals surface area contributed by atoms with Crippen LogP contribution in [0, 0.1) is 6.92 Å². The van der Waals surface area contributed by atoms with Crippen molar-refractivity contribution in [1.29, 1.82) is 0 Å². The topological polar surface area (TPSA) is 63.1 Å². The third-order valence-corrected chi connectivity index (χ3v) is 0.974. The molecule has 0 unspecified atom stereocenters. The predicted molar refractivity (Wildman–Crippen MR) is 33.7 cm³/mol. The molecular formula is C6H6N2O2. The first-order valence-electron chi connectivity index (χ1n) is 2.72. The van der Waals surface area contributed by atoms with E-state index in [1.165, 1.54) is 12.4 Å². The number of aromatic nitrogens is 2. The van der Waals surface area contributed by atoms with Gasteiger partial charge in [0.05, 0.1) is 11.9 Å². The van der Waals surface area contributed by atoms with E-state index < -0.39 is 5.97 Å². The number of nitrogens with zero attached hydrogens (tertiary/aromatic N) is 2. The smallest absolute Gasteiger partial charge is 0.356 e. The van der Waals surface area contributed by atoms with Gasteiger partial charge in [-0.2, -0.15) is 0 Å². The Balaban J connectivity index is 3.07. The standard InChI is InChI=1S/C6H6N2O2/c1-4-2-7-3-5(8-4)6(9)10/h2-3H,1H3,(H,9,10). The summed E-state index contributed by atoms with van der Waals surface area (Å²) in [6.07, 6.45) is 2.72. The van der Waals surface area contributed by atoms with Gasteiger partial charge >= 0.3 is 5.97 Å². The Morgan fingerprint density at radius 2 is 2.30 bits per heavy atom. The zero-order valence-electron chi connectivity index (χ0n) is 5.40.